The van der Waals surface area contributed by atoms with E-state index in [1.807, 2.05) is 0 Å². The van der Waals surface area contributed by atoms with E-state index in [1.54, 1.807) is 0 Å². The van der Waals surface area contributed by atoms with E-state index in [-0.39, 0.29) is 5.76 Å². The summed E-state index contributed by atoms with van der Waals surface area (Å²) in [6.07, 6.45) is 7.10. The monoisotopic (exact) mass is 258 g/mol. The summed E-state index contributed by atoms with van der Waals surface area (Å²) in [5.74, 6) is -1.42. The van der Waals surface area contributed by atoms with Gasteiger partial charge in [0.1, 0.15) is 11.7 Å². The first-order chi connectivity index (χ1) is 8.05. The molecule has 0 saturated carbocycles. The van der Waals surface area contributed by atoms with E-state index in [4.69, 9.17) is 0 Å². The second-order valence-corrected chi connectivity index (χ2v) is 9.08. The molecule has 17 heavy (non-hydrogen) atoms. The van der Waals surface area contributed by atoms with Crippen LogP contribution in [0, 0.1) is 0 Å². The summed E-state index contributed by atoms with van der Waals surface area (Å²) in [4.78, 5) is 9.86. The van der Waals surface area contributed by atoms with Crippen LogP contribution in [0.25, 0.3) is 0 Å². The molecule has 98 valence electrons. The molecule has 0 aromatic carbocycles. The van der Waals surface area contributed by atoms with Gasteiger partial charge in [0.25, 0.3) is 0 Å². The maximum atomic E-state index is 9.86. The summed E-state index contributed by atoms with van der Waals surface area (Å²) < 4.78 is 4.43. The number of carbonyl (C=O) groups excluding carboxylic acids is 1. The number of hydrogen-bond donors (Lipinski definition) is 0. The van der Waals surface area contributed by atoms with Gasteiger partial charge in [0, 0.05) is 7.26 Å². The highest BCUT2D eigenvalue weighted by Crippen LogP contribution is 2.57. The van der Waals surface area contributed by atoms with Gasteiger partial charge in [0.05, 0.1) is 30.9 Å². The average molecular weight is 258 g/mol. The topological polar surface area (TPSA) is 53.3 Å². The van der Waals surface area contributed by atoms with E-state index in [0.717, 1.165) is 0 Å². The van der Waals surface area contributed by atoms with Crippen molar-refractivity contribution < 1.29 is 14.3 Å². The maximum absolute atomic E-state index is 9.86. The first kappa shape index (κ1) is 16.2. The molecular weight excluding hydrogens is 235 g/mol. The Labute approximate surface area is 105 Å². The van der Waals surface area contributed by atoms with Crippen molar-refractivity contribution in [1.82, 2.24) is 0 Å². The molecule has 1 aromatic rings. The number of aromatic carboxylic acids is 1. The van der Waals surface area contributed by atoms with Crippen molar-refractivity contribution in [1.29, 1.82) is 0 Å². The van der Waals surface area contributed by atoms with E-state index >= 15 is 0 Å². The molecular formula is C13H23O3P. The molecule has 0 saturated heterocycles. The Balaban J connectivity index is 0.000000302. The molecule has 0 radical (unpaired) electrons. The molecule has 0 amide bonds. The van der Waals surface area contributed by atoms with Crippen LogP contribution >= 0.6 is 7.26 Å². The molecule has 1 rings (SSSR count). The van der Waals surface area contributed by atoms with Crippen LogP contribution < -0.4 is 5.11 Å². The van der Waals surface area contributed by atoms with Crippen molar-refractivity contribution in [2.24, 2.45) is 0 Å². The number of furan rings is 1. The van der Waals surface area contributed by atoms with E-state index in [1.165, 1.54) is 43.0 Å². The Hall–Kier alpha value is -0.820. The van der Waals surface area contributed by atoms with Crippen molar-refractivity contribution in [3.63, 3.8) is 0 Å². The number of carbonyl (C=O) groups is 1. The zero-order valence-corrected chi connectivity index (χ0v) is 12.1. The second-order valence-electron chi connectivity index (χ2n) is 3.87. The van der Waals surface area contributed by atoms with E-state index in [0.29, 0.717) is 0 Å². The molecule has 1 aromatic heterocycles. The van der Waals surface area contributed by atoms with Crippen LogP contribution in [0.15, 0.2) is 22.8 Å². The fourth-order valence-electron chi connectivity index (χ4n) is 1.74. The molecule has 0 fully saturated rings. The van der Waals surface area contributed by atoms with E-state index < -0.39 is 13.2 Å². The smallest absolute Gasteiger partial charge is 0.149 e. The van der Waals surface area contributed by atoms with Crippen LogP contribution in [-0.4, -0.2) is 30.6 Å². The van der Waals surface area contributed by atoms with Crippen LogP contribution in [0.3, 0.4) is 0 Å². The minimum atomic E-state index is -1.28. The zero-order chi connectivity index (χ0) is 13.3. The number of carboxylic acid groups (broad SMARTS) is 1. The fourth-order valence-corrected chi connectivity index (χ4v) is 4.42. The SMILES string of the molecule is CC[P+](CC)(CC)CC.O=C([O-])c1ccco1. The van der Waals surface area contributed by atoms with Gasteiger partial charge in [0.2, 0.25) is 0 Å². The lowest BCUT2D eigenvalue weighted by atomic mass is 10.5. The number of rotatable bonds is 5. The van der Waals surface area contributed by atoms with E-state index in [2.05, 4.69) is 32.1 Å². The van der Waals surface area contributed by atoms with Gasteiger partial charge in [-0.05, 0) is 39.8 Å². The summed E-state index contributed by atoms with van der Waals surface area (Å²) in [6.45, 7) is 9.41. The lowest BCUT2D eigenvalue weighted by molar-refractivity contribution is -0.257. The molecule has 1 heterocycles. The molecule has 0 spiro atoms. The Morgan fingerprint density at radius 3 is 1.76 bits per heavy atom. The van der Waals surface area contributed by atoms with Gasteiger partial charge >= 0.3 is 0 Å². The Morgan fingerprint density at radius 2 is 1.65 bits per heavy atom. The lowest BCUT2D eigenvalue weighted by Crippen LogP contribution is -2.21. The Kier molecular flexibility index (Phi) is 7.90. The quantitative estimate of drug-likeness (QED) is 0.763. The molecule has 4 heteroatoms. The highest BCUT2D eigenvalue weighted by Gasteiger charge is 2.27. The maximum Gasteiger partial charge on any atom is 0.149 e. The molecule has 0 aliphatic rings. The summed E-state index contributed by atoms with van der Waals surface area (Å²) in [5.41, 5.74) is 0. The van der Waals surface area contributed by atoms with Gasteiger partial charge in [-0.1, -0.05) is 0 Å². The third-order valence-corrected chi connectivity index (χ3v) is 8.77. The van der Waals surface area contributed by atoms with Gasteiger partial charge < -0.3 is 14.3 Å². The van der Waals surface area contributed by atoms with Gasteiger partial charge in [0.15, 0.2) is 0 Å². The Morgan fingerprint density at radius 1 is 1.18 bits per heavy atom. The molecule has 0 aliphatic carbocycles. The fraction of sp³-hybridized carbons (Fsp3) is 0.615. The molecule has 0 bridgehead atoms. The summed E-state index contributed by atoms with van der Waals surface area (Å²) in [6, 6.07) is 2.82. The van der Waals surface area contributed by atoms with Crippen LogP contribution in [-0.2, 0) is 0 Å². The van der Waals surface area contributed by atoms with Crippen molar-refractivity contribution in [3.8, 4) is 0 Å². The third-order valence-electron chi connectivity index (χ3n) is 3.41. The largest absolute Gasteiger partial charge is 0.542 e. The summed E-state index contributed by atoms with van der Waals surface area (Å²) in [5, 5.41) is 9.86. The minimum Gasteiger partial charge on any atom is -0.542 e. The Bertz CT molecular complexity index is 285. The first-order valence-electron chi connectivity index (χ1n) is 6.15. The molecule has 0 aliphatic heterocycles. The average Bonchev–Trinajstić information content (AvgIpc) is 2.87. The minimum absolute atomic E-state index is 0.134. The zero-order valence-electron chi connectivity index (χ0n) is 11.2. The van der Waals surface area contributed by atoms with Gasteiger partial charge in [-0.2, -0.15) is 0 Å². The molecule has 3 nitrogen and oxygen atoms in total. The molecule has 0 unspecified atom stereocenters. The molecule has 0 N–H and O–H groups in total. The van der Waals surface area contributed by atoms with Crippen LogP contribution in [0.2, 0.25) is 0 Å². The first-order valence-corrected chi connectivity index (χ1v) is 8.68. The summed E-state index contributed by atoms with van der Waals surface area (Å²) in [7, 11) is -0.420. The normalized spacial score (nSPS) is 10.6. The number of carboxylic acids is 1. The predicted molar refractivity (Wildman–Crippen MR) is 72.1 cm³/mol. The highest BCUT2D eigenvalue weighted by molar-refractivity contribution is 7.75. The van der Waals surface area contributed by atoms with Gasteiger partial charge in [-0.25, -0.2) is 0 Å². The number of hydrogen-bond acceptors (Lipinski definition) is 3. The molecule has 0 atom stereocenters. The summed E-state index contributed by atoms with van der Waals surface area (Å²) >= 11 is 0. The van der Waals surface area contributed by atoms with Crippen molar-refractivity contribution in [2.75, 3.05) is 24.6 Å². The lowest BCUT2D eigenvalue weighted by Gasteiger charge is -2.20. The highest BCUT2D eigenvalue weighted by atomic mass is 31.2. The van der Waals surface area contributed by atoms with Crippen LogP contribution in [0.4, 0.5) is 0 Å². The third kappa shape index (κ3) is 5.36. The van der Waals surface area contributed by atoms with Crippen molar-refractivity contribution in [2.45, 2.75) is 27.7 Å². The predicted octanol–water partition coefficient (Wildman–Crippen LogP) is 2.73. The van der Waals surface area contributed by atoms with Crippen molar-refractivity contribution in [3.05, 3.63) is 24.2 Å². The van der Waals surface area contributed by atoms with Crippen LogP contribution in [0.5, 0.6) is 0 Å². The van der Waals surface area contributed by atoms with Gasteiger partial charge in [-0.3, -0.25) is 0 Å². The van der Waals surface area contributed by atoms with E-state index in [9.17, 15) is 9.90 Å². The van der Waals surface area contributed by atoms with Crippen molar-refractivity contribution >= 4 is 13.2 Å². The second kappa shape index (κ2) is 8.30. The van der Waals surface area contributed by atoms with Gasteiger partial charge in [-0.15, -0.1) is 0 Å². The van der Waals surface area contributed by atoms with Crippen LogP contribution in [0.1, 0.15) is 38.2 Å². The standard InChI is InChI=1S/C8H20P.C5H4O3/c1-5-9(6-2,7-3)8-4;6-5(7)4-2-1-3-8-4/h5-8H2,1-4H3;1-3H,(H,6,7)/q+1;/p-1.